The Morgan fingerprint density at radius 3 is 2.71 bits per heavy atom. The van der Waals surface area contributed by atoms with Crippen molar-refractivity contribution in [2.24, 2.45) is 0 Å². The van der Waals surface area contributed by atoms with E-state index < -0.39 is 5.82 Å². The SMILES string of the molecule is O=C(NCCn1c(=O)[nH]c2cc(F)ccc21)c1ccc(Cl)c(Cl)c1. The molecule has 0 aliphatic rings. The second kappa shape index (κ2) is 6.67. The lowest BCUT2D eigenvalue weighted by atomic mass is 10.2. The Hall–Kier alpha value is -2.31. The van der Waals surface area contributed by atoms with Gasteiger partial charge in [-0.3, -0.25) is 9.36 Å². The van der Waals surface area contributed by atoms with Crippen LogP contribution in [0.25, 0.3) is 11.0 Å². The fourth-order valence-electron chi connectivity index (χ4n) is 2.38. The molecule has 24 heavy (non-hydrogen) atoms. The summed E-state index contributed by atoms with van der Waals surface area (Å²) >= 11 is 11.7. The zero-order chi connectivity index (χ0) is 17.3. The lowest BCUT2D eigenvalue weighted by molar-refractivity contribution is 0.0952. The predicted molar refractivity (Wildman–Crippen MR) is 91.3 cm³/mol. The van der Waals surface area contributed by atoms with Crippen molar-refractivity contribution in [2.75, 3.05) is 6.54 Å². The summed E-state index contributed by atoms with van der Waals surface area (Å²) in [4.78, 5) is 26.6. The number of carbonyl (C=O) groups excluding carboxylic acids is 1. The van der Waals surface area contributed by atoms with Crippen LogP contribution in [-0.4, -0.2) is 22.0 Å². The van der Waals surface area contributed by atoms with Gasteiger partial charge in [0.05, 0.1) is 21.1 Å². The molecule has 124 valence electrons. The molecule has 1 amide bonds. The zero-order valence-electron chi connectivity index (χ0n) is 12.3. The van der Waals surface area contributed by atoms with Crippen LogP contribution in [0.3, 0.4) is 0 Å². The van der Waals surface area contributed by atoms with Gasteiger partial charge in [-0.05, 0) is 36.4 Å². The van der Waals surface area contributed by atoms with Crippen LogP contribution in [-0.2, 0) is 6.54 Å². The van der Waals surface area contributed by atoms with Gasteiger partial charge in [0.1, 0.15) is 5.82 Å². The number of nitrogens with one attached hydrogen (secondary N) is 2. The van der Waals surface area contributed by atoms with Gasteiger partial charge in [0.15, 0.2) is 0 Å². The molecule has 3 rings (SSSR count). The zero-order valence-corrected chi connectivity index (χ0v) is 13.8. The van der Waals surface area contributed by atoms with Crippen molar-refractivity contribution in [3.8, 4) is 0 Å². The summed E-state index contributed by atoms with van der Waals surface area (Å²) in [7, 11) is 0. The van der Waals surface area contributed by atoms with E-state index >= 15 is 0 Å². The van der Waals surface area contributed by atoms with Crippen LogP contribution in [0.4, 0.5) is 4.39 Å². The number of halogens is 3. The molecular weight excluding hydrogens is 356 g/mol. The van der Waals surface area contributed by atoms with Crippen LogP contribution in [0, 0.1) is 5.82 Å². The average Bonchev–Trinajstić information content (AvgIpc) is 2.84. The van der Waals surface area contributed by atoms with Crippen molar-refractivity contribution in [3.05, 3.63) is 68.3 Å². The topological polar surface area (TPSA) is 66.9 Å². The minimum Gasteiger partial charge on any atom is -0.350 e. The number of aromatic amines is 1. The lowest BCUT2D eigenvalue weighted by Crippen LogP contribution is -2.30. The lowest BCUT2D eigenvalue weighted by Gasteiger charge is -2.07. The molecule has 0 aliphatic carbocycles. The summed E-state index contributed by atoms with van der Waals surface area (Å²) in [5.74, 6) is -0.753. The van der Waals surface area contributed by atoms with Crippen molar-refractivity contribution in [1.29, 1.82) is 0 Å². The summed E-state index contributed by atoms with van der Waals surface area (Å²) in [6, 6.07) is 8.62. The highest BCUT2D eigenvalue weighted by Crippen LogP contribution is 2.22. The minimum atomic E-state index is -0.427. The van der Waals surface area contributed by atoms with Crippen LogP contribution in [0.5, 0.6) is 0 Å². The molecule has 0 fully saturated rings. The van der Waals surface area contributed by atoms with Gasteiger partial charge in [-0.15, -0.1) is 0 Å². The van der Waals surface area contributed by atoms with Gasteiger partial charge in [-0.25, -0.2) is 9.18 Å². The maximum Gasteiger partial charge on any atom is 0.326 e. The summed E-state index contributed by atoms with van der Waals surface area (Å²) in [6.07, 6.45) is 0. The fraction of sp³-hybridized carbons (Fsp3) is 0.125. The summed E-state index contributed by atoms with van der Waals surface area (Å²) in [5, 5.41) is 3.36. The third kappa shape index (κ3) is 3.29. The van der Waals surface area contributed by atoms with E-state index in [4.69, 9.17) is 23.2 Å². The van der Waals surface area contributed by atoms with Crippen molar-refractivity contribution >= 4 is 40.1 Å². The molecule has 1 aromatic heterocycles. The Morgan fingerprint density at radius 1 is 1.17 bits per heavy atom. The second-order valence-electron chi connectivity index (χ2n) is 5.13. The molecule has 2 aromatic carbocycles. The number of benzene rings is 2. The van der Waals surface area contributed by atoms with Gasteiger partial charge in [-0.2, -0.15) is 0 Å². The summed E-state index contributed by atoms with van der Waals surface area (Å²) in [5.41, 5.74) is 0.998. The second-order valence-corrected chi connectivity index (χ2v) is 5.94. The van der Waals surface area contributed by atoms with Crippen molar-refractivity contribution in [2.45, 2.75) is 6.54 Å². The highest BCUT2D eigenvalue weighted by Gasteiger charge is 2.10. The van der Waals surface area contributed by atoms with E-state index in [0.717, 1.165) is 0 Å². The molecule has 8 heteroatoms. The van der Waals surface area contributed by atoms with Crippen molar-refractivity contribution < 1.29 is 9.18 Å². The van der Waals surface area contributed by atoms with Crippen LogP contribution in [0.1, 0.15) is 10.4 Å². The van der Waals surface area contributed by atoms with E-state index in [1.807, 2.05) is 0 Å². The highest BCUT2D eigenvalue weighted by molar-refractivity contribution is 6.42. The monoisotopic (exact) mass is 367 g/mol. The number of aromatic nitrogens is 2. The predicted octanol–water partition coefficient (Wildman–Crippen LogP) is 3.21. The molecule has 0 spiro atoms. The van der Waals surface area contributed by atoms with Gasteiger partial charge >= 0.3 is 5.69 Å². The molecule has 0 aliphatic heterocycles. The number of H-pyrrole nitrogens is 1. The quantitative estimate of drug-likeness (QED) is 0.743. The first-order valence-electron chi connectivity index (χ1n) is 7.07. The molecule has 1 heterocycles. The number of amides is 1. The molecule has 5 nitrogen and oxygen atoms in total. The molecule has 0 radical (unpaired) electrons. The average molecular weight is 368 g/mol. The largest absolute Gasteiger partial charge is 0.350 e. The summed E-state index contributed by atoms with van der Waals surface area (Å²) in [6.45, 7) is 0.473. The van der Waals surface area contributed by atoms with Crippen molar-refractivity contribution in [1.82, 2.24) is 14.9 Å². The van der Waals surface area contributed by atoms with Crippen LogP contribution in [0.15, 0.2) is 41.2 Å². The normalized spacial score (nSPS) is 11.0. The molecular formula is C16H12Cl2FN3O2. The number of hydrogen-bond donors (Lipinski definition) is 2. The third-order valence-corrected chi connectivity index (χ3v) is 4.28. The minimum absolute atomic E-state index is 0.226. The molecule has 0 bridgehead atoms. The van der Waals surface area contributed by atoms with E-state index in [0.29, 0.717) is 26.6 Å². The fourth-order valence-corrected chi connectivity index (χ4v) is 2.68. The number of carbonyl (C=O) groups is 1. The van der Waals surface area contributed by atoms with Gasteiger partial charge in [0.2, 0.25) is 0 Å². The summed E-state index contributed by atoms with van der Waals surface area (Å²) < 4.78 is 14.6. The Labute approximate surface area is 146 Å². The number of rotatable bonds is 4. The van der Waals surface area contributed by atoms with E-state index in [9.17, 15) is 14.0 Å². The Bertz CT molecular complexity index is 981. The third-order valence-electron chi connectivity index (χ3n) is 3.54. The van der Waals surface area contributed by atoms with Crippen LogP contribution >= 0.6 is 23.2 Å². The number of hydrogen-bond acceptors (Lipinski definition) is 2. The molecule has 0 saturated heterocycles. The van der Waals surface area contributed by atoms with Gasteiger partial charge in [0.25, 0.3) is 5.91 Å². The van der Waals surface area contributed by atoms with Crippen LogP contribution < -0.4 is 11.0 Å². The standard InChI is InChI=1S/C16H12Cl2FN3O2/c17-11-3-1-9(7-12(11)18)15(23)20-5-6-22-14-4-2-10(19)8-13(14)21-16(22)24/h1-4,7-8H,5-6H2,(H,20,23)(H,21,24). The number of imidazole rings is 1. The van der Waals surface area contributed by atoms with Gasteiger partial charge in [0, 0.05) is 18.7 Å². The Balaban J connectivity index is 1.70. The molecule has 2 N–H and O–H groups in total. The first-order chi connectivity index (χ1) is 11.5. The molecule has 3 aromatic rings. The van der Waals surface area contributed by atoms with E-state index in [-0.39, 0.29) is 24.7 Å². The molecule has 0 saturated carbocycles. The Kier molecular flexibility index (Phi) is 4.59. The van der Waals surface area contributed by atoms with Crippen LogP contribution in [0.2, 0.25) is 10.0 Å². The number of nitrogens with zero attached hydrogens (tertiary/aromatic N) is 1. The van der Waals surface area contributed by atoms with Crippen molar-refractivity contribution in [3.63, 3.8) is 0 Å². The highest BCUT2D eigenvalue weighted by atomic mass is 35.5. The first kappa shape index (κ1) is 16.5. The maximum atomic E-state index is 13.2. The maximum absolute atomic E-state index is 13.2. The smallest absolute Gasteiger partial charge is 0.326 e. The Morgan fingerprint density at radius 2 is 1.96 bits per heavy atom. The van der Waals surface area contributed by atoms with E-state index in [1.54, 1.807) is 6.07 Å². The van der Waals surface area contributed by atoms with Gasteiger partial charge < -0.3 is 10.3 Å². The number of fused-ring (bicyclic) bond motifs is 1. The van der Waals surface area contributed by atoms with Gasteiger partial charge in [-0.1, -0.05) is 23.2 Å². The molecule has 0 unspecified atom stereocenters. The van der Waals surface area contributed by atoms with E-state index in [1.165, 1.54) is 34.9 Å². The molecule has 0 atom stereocenters. The van der Waals surface area contributed by atoms with E-state index in [2.05, 4.69) is 10.3 Å². The first-order valence-corrected chi connectivity index (χ1v) is 7.82.